The number of hydrogen-bond donors (Lipinski definition) is 0. The van der Waals surface area contributed by atoms with Crippen molar-refractivity contribution in [1.29, 1.82) is 0 Å². The molecule has 1 aromatic carbocycles. The van der Waals surface area contributed by atoms with Crippen LogP contribution in [0.5, 0.6) is 5.75 Å². The van der Waals surface area contributed by atoms with Crippen LogP contribution in [0.4, 0.5) is 0 Å². The van der Waals surface area contributed by atoms with E-state index in [0.717, 1.165) is 4.47 Å². The Balaban J connectivity index is 2.55. The maximum absolute atomic E-state index is 11.3. The lowest BCUT2D eigenvalue weighted by atomic mass is 10.2. The van der Waals surface area contributed by atoms with E-state index in [0.29, 0.717) is 17.1 Å². The molecule has 2 aromatic rings. The van der Waals surface area contributed by atoms with E-state index >= 15 is 0 Å². The van der Waals surface area contributed by atoms with Crippen LogP contribution in [-0.4, -0.2) is 30.3 Å². The van der Waals surface area contributed by atoms with Gasteiger partial charge in [-0.25, -0.2) is 8.42 Å². The molecular formula is C10H9BrClN3O3S. The van der Waals surface area contributed by atoms with Crippen LogP contribution in [0.2, 0.25) is 0 Å². The minimum absolute atomic E-state index is 0.295. The highest BCUT2D eigenvalue weighted by Crippen LogP contribution is 2.30. The van der Waals surface area contributed by atoms with Crippen LogP contribution in [0.25, 0.3) is 11.4 Å². The molecule has 0 unspecified atom stereocenters. The lowest BCUT2D eigenvalue weighted by Crippen LogP contribution is -2.02. The molecule has 0 amide bonds. The van der Waals surface area contributed by atoms with E-state index in [4.69, 9.17) is 15.4 Å². The Morgan fingerprint density at radius 3 is 2.53 bits per heavy atom. The summed E-state index contributed by atoms with van der Waals surface area (Å²) in [5.41, 5.74) is 0.689. The van der Waals surface area contributed by atoms with Gasteiger partial charge in [-0.15, -0.1) is 10.2 Å². The smallest absolute Gasteiger partial charge is 0.296 e. The van der Waals surface area contributed by atoms with Crippen LogP contribution in [0, 0.1) is 0 Å². The summed E-state index contributed by atoms with van der Waals surface area (Å²) in [6.45, 7) is 0. The molecule has 0 saturated heterocycles. The van der Waals surface area contributed by atoms with Crippen molar-refractivity contribution in [2.45, 2.75) is 5.16 Å². The van der Waals surface area contributed by atoms with Crippen molar-refractivity contribution in [3.63, 3.8) is 0 Å². The number of nitrogens with zero attached hydrogens (tertiary/aromatic N) is 3. The summed E-state index contributed by atoms with van der Waals surface area (Å²) in [5, 5.41) is 7.12. The third-order valence-electron chi connectivity index (χ3n) is 2.46. The Labute approximate surface area is 122 Å². The fourth-order valence-electron chi connectivity index (χ4n) is 1.58. The van der Waals surface area contributed by atoms with Gasteiger partial charge in [-0.1, -0.05) is 0 Å². The largest absolute Gasteiger partial charge is 0.496 e. The maximum atomic E-state index is 11.3. The fraction of sp³-hybridized carbons (Fsp3) is 0.200. The van der Waals surface area contributed by atoms with Gasteiger partial charge < -0.3 is 4.74 Å². The second-order valence-corrected chi connectivity index (χ2v) is 6.97. The van der Waals surface area contributed by atoms with Gasteiger partial charge in [0.25, 0.3) is 14.2 Å². The minimum Gasteiger partial charge on any atom is -0.496 e. The van der Waals surface area contributed by atoms with Gasteiger partial charge >= 0.3 is 0 Å². The zero-order valence-corrected chi connectivity index (χ0v) is 13.1. The zero-order chi connectivity index (χ0) is 14.2. The maximum Gasteiger partial charge on any atom is 0.296 e. The summed E-state index contributed by atoms with van der Waals surface area (Å²) in [4.78, 5) is 0. The van der Waals surface area contributed by atoms with Crippen molar-refractivity contribution >= 4 is 35.7 Å². The first-order valence-corrected chi connectivity index (χ1v) is 8.13. The summed E-state index contributed by atoms with van der Waals surface area (Å²) < 4.78 is 29.7. The molecule has 0 aliphatic rings. The van der Waals surface area contributed by atoms with Gasteiger partial charge in [-0.05, 0) is 34.1 Å². The lowest BCUT2D eigenvalue weighted by molar-refractivity contribution is 0.412. The number of benzene rings is 1. The first kappa shape index (κ1) is 14.3. The zero-order valence-electron chi connectivity index (χ0n) is 9.96. The molecular weight excluding hydrogens is 358 g/mol. The molecule has 0 radical (unpaired) electrons. The van der Waals surface area contributed by atoms with Gasteiger partial charge in [0.15, 0.2) is 5.82 Å². The standard InChI is InChI=1S/C10H9BrClN3O3S/c1-15-9(13-14-10(15)19(12,16)17)6-3-4-8(18-2)7(11)5-6/h3-5H,1-2H3. The molecule has 1 heterocycles. The van der Waals surface area contributed by atoms with E-state index in [1.54, 1.807) is 25.3 Å². The predicted octanol–water partition coefficient (Wildman–Crippen LogP) is 2.18. The molecule has 9 heteroatoms. The van der Waals surface area contributed by atoms with Crippen LogP contribution in [0.1, 0.15) is 0 Å². The average molecular weight is 367 g/mol. The van der Waals surface area contributed by atoms with Crippen molar-refractivity contribution in [3.8, 4) is 17.1 Å². The Bertz CT molecular complexity index is 730. The summed E-state index contributed by atoms with van der Waals surface area (Å²) in [7, 11) is 4.43. The fourth-order valence-corrected chi connectivity index (χ4v) is 3.08. The van der Waals surface area contributed by atoms with Crippen molar-refractivity contribution in [1.82, 2.24) is 14.8 Å². The van der Waals surface area contributed by atoms with E-state index < -0.39 is 9.05 Å². The molecule has 6 nitrogen and oxygen atoms in total. The molecule has 102 valence electrons. The number of methoxy groups -OCH3 is 1. The third-order valence-corrected chi connectivity index (χ3v) is 4.29. The van der Waals surface area contributed by atoms with Crippen molar-refractivity contribution < 1.29 is 13.2 Å². The highest BCUT2D eigenvalue weighted by Gasteiger charge is 2.21. The highest BCUT2D eigenvalue weighted by molar-refractivity contribution is 9.10. The van der Waals surface area contributed by atoms with Crippen LogP contribution in [-0.2, 0) is 16.1 Å². The Hall–Kier alpha value is -1.12. The summed E-state index contributed by atoms with van der Waals surface area (Å²) >= 11 is 3.35. The molecule has 0 aliphatic heterocycles. The van der Waals surface area contributed by atoms with E-state index in [2.05, 4.69) is 26.1 Å². The Kier molecular flexibility index (Phi) is 3.84. The molecule has 0 spiro atoms. The first-order valence-electron chi connectivity index (χ1n) is 5.02. The lowest BCUT2D eigenvalue weighted by Gasteiger charge is -2.06. The van der Waals surface area contributed by atoms with Gasteiger partial charge in [-0.2, -0.15) is 0 Å². The van der Waals surface area contributed by atoms with E-state index in [9.17, 15) is 8.42 Å². The third kappa shape index (κ3) is 2.75. The SMILES string of the molecule is COc1ccc(-c2nnc(S(=O)(=O)Cl)n2C)cc1Br. The minimum atomic E-state index is -3.92. The van der Waals surface area contributed by atoms with E-state index in [1.165, 1.54) is 11.6 Å². The van der Waals surface area contributed by atoms with Crippen LogP contribution < -0.4 is 4.74 Å². The number of rotatable bonds is 3. The number of ether oxygens (including phenoxy) is 1. The van der Waals surface area contributed by atoms with Crippen LogP contribution >= 0.6 is 26.6 Å². The predicted molar refractivity (Wildman–Crippen MR) is 73.7 cm³/mol. The van der Waals surface area contributed by atoms with Crippen molar-refractivity contribution in [2.24, 2.45) is 7.05 Å². The average Bonchev–Trinajstić information content (AvgIpc) is 2.70. The van der Waals surface area contributed by atoms with E-state index in [1.807, 2.05) is 0 Å². The second kappa shape index (κ2) is 5.10. The molecule has 2 rings (SSSR count). The summed E-state index contributed by atoms with van der Waals surface area (Å²) in [6.07, 6.45) is 0. The van der Waals surface area contributed by atoms with Crippen LogP contribution in [0.15, 0.2) is 27.8 Å². The van der Waals surface area contributed by atoms with Gasteiger partial charge in [0, 0.05) is 23.3 Å². The number of hydrogen-bond acceptors (Lipinski definition) is 5. The van der Waals surface area contributed by atoms with Crippen LogP contribution in [0.3, 0.4) is 0 Å². The molecule has 0 N–H and O–H groups in total. The monoisotopic (exact) mass is 365 g/mol. The second-order valence-electron chi connectivity index (χ2n) is 3.65. The first-order chi connectivity index (χ1) is 8.84. The number of aromatic nitrogens is 3. The van der Waals surface area contributed by atoms with Gasteiger partial charge in [0.1, 0.15) is 5.75 Å². The Morgan fingerprint density at radius 2 is 2.05 bits per heavy atom. The topological polar surface area (TPSA) is 74.1 Å². The van der Waals surface area contributed by atoms with E-state index in [-0.39, 0.29) is 5.16 Å². The van der Waals surface area contributed by atoms with Crippen molar-refractivity contribution in [2.75, 3.05) is 7.11 Å². The van der Waals surface area contributed by atoms with Gasteiger partial charge in [0.2, 0.25) is 0 Å². The molecule has 1 aromatic heterocycles. The summed E-state index contributed by atoms with van der Waals surface area (Å²) in [6, 6.07) is 5.24. The normalized spacial score (nSPS) is 11.6. The Morgan fingerprint density at radius 1 is 1.37 bits per heavy atom. The quantitative estimate of drug-likeness (QED) is 0.778. The summed E-state index contributed by atoms with van der Waals surface area (Å²) in [5.74, 6) is 1.05. The van der Waals surface area contributed by atoms with Gasteiger partial charge in [0.05, 0.1) is 11.6 Å². The molecule has 0 bridgehead atoms. The number of halogens is 2. The molecule has 19 heavy (non-hydrogen) atoms. The van der Waals surface area contributed by atoms with Gasteiger partial charge in [-0.3, -0.25) is 4.57 Å². The molecule has 0 saturated carbocycles. The molecule has 0 fully saturated rings. The highest BCUT2D eigenvalue weighted by atomic mass is 79.9. The molecule has 0 aliphatic carbocycles. The molecule has 0 atom stereocenters. The van der Waals surface area contributed by atoms with Crippen molar-refractivity contribution in [3.05, 3.63) is 22.7 Å².